The summed E-state index contributed by atoms with van der Waals surface area (Å²) in [4.78, 5) is 12.3. The van der Waals surface area contributed by atoms with Gasteiger partial charge >= 0.3 is 0 Å². The number of methoxy groups -OCH3 is 1. The van der Waals surface area contributed by atoms with Gasteiger partial charge in [0.15, 0.2) is 0 Å². The van der Waals surface area contributed by atoms with E-state index >= 15 is 0 Å². The molecule has 1 heterocycles. The zero-order chi connectivity index (χ0) is 16.2. The molecular formula is C18H16BrNO3. The van der Waals surface area contributed by atoms with Gasteiger partial charge in [0.25, 0.3) is 5.91 Å². The maximum absolute atomic E-state index is 12.3. The Morgan fingerprint density at radius 1 is 1.30 bits per heavy atom. The predicted molar refractivity (Wildman–Crippen MR) is 92.5 cm³/mol. The second-order valence-electron chi connectivity index (χ2n) is 5.17. The summed E-state index contributed by atoms with van der Waals surface area (Å²) in [6.07, 6.45) is 1.84. The van der Waals surface area contributed by atoms with E-state index in [1.165, 1.54) is 0 Å². The third-order valence-electron chi connectivity index (χ3n) is 3.56. The van der Waals surface area contributed by atoms with Crippen LogP contribution >= 0.6 is 15.9 Å². The van der Waals surface area contributed by atoms with Crippen molar-refractivity contribution in [3.8, 4) is 11.5 Å². The highest BCUT2D eigenvalue weighted by Gasteiger charge is 2.17. The van der Waals surface area contributed by atoms with Gasteiger partial charge < -0.3 is 14.8 Å². The van der Waals surface area contributed by atoms with E-state index < -0.39 is 0 Å². The molecule has 0 unspecified atom stereocenters. The average molecular weight is 374 g/mol. The molecule has 0 aliphatic carbocycles. The molecule has 1 aliphatic rings. The molecule has 1 aliphatic heterocycles. The van der Waals surface area contributed by atoms with Crippen LogP contribution in [-0.2, 0) is 11.3 Å². The van der Waals surface area contributed by atoms with E-state index in [-0.39, 0.29) is 12.5 Å². The lowest BCUT2D eigenvalue weighted by Gasteiger charge is -2.18. The monoisotopic (exact) mass is 373 g/mol. The number of amides is 1. The number of benzene rings is 2. The van der Waals surface area contributed by atoms with Crippen molar-refractivity contribution >= 4 is 27.9 Å². The van der Waals surface area contributed by atoms with E-state index in [2.05, 4.69) is 21.2 Å². The first kappa shape index (κ1) is 15.6. The number of carbonyl (C=O) groups is 1. The Labute approximate surface area is 143 Å². The van der Waals surface area contributed by atoms with Crippen LogP contribution in [0.5, 0.6) is 11.5 Å². The van der Waals surface area contributed by atoms with Crippen LogP contribution in [0.15, 0.2) is 52.5 Å². The van der Waals surface area contributed by atoms with Gasteiger partial charge in [-0.1, -0.05) is 28.1 Å². The minimum absolute atomic E-state index is 0.126. The Bertz CT molecular complexity index is 771. The van der Waals surface area contributed by atoms with Crippen LogP contribution < -0.4 is 14.8 Å². The molecule has 5 heteroatoms. The zero-order valence-electron chi connectivity index (χ0n) is 12.6. The third kappa shape index (κ3) is 3.74. The van der Waals surface area contributed by atoms with Crippen molar-refractivity contribution in [2.75, 3.05) is 13.7 Å². The van der Waals surface area contributed by atoms with Gasteiger partial charge in [-0.25, -0.2) is 0 Å². The summed E-state index contributed by atoms with van der Waals surface area (Å²) >= 11 is 3.42. The van der Waals surface area contributed by atoms with Gasteiger partial charge in [-0.15, -0.1) is 0 Å². The second kappa shape index (κ2) is 6.87. The van der Waals surface area contributed by atoms with Crippen LogP contribution in [0.2, 0.25) is 0 Å². The fraction of sp³-hybridized carbons (Fsp3) is 0.167. The Hall–Kier alpha value is -2.27. The molecule has 0 radical (unpaired) electrons. The maximum Gasteiger partial charge on any atom is 0.250 e. The molecule has 0 spiro atoms. The van der Waals surface area contributed by atoms with Crippen molar-refractivity contribution in [1.29, 1.82) is 0 Å². The average Bonchev–Trinajstić information content (AvgIpc) is 2.58. The molecule has 2 aromatic rings. The van der Waals surface area contributed by atoms with Crippen molar-refractivity contribution < 1.29 is 14.3 Å². The van der Waals surface area contributed by atoms with Gasteiger partial charge in [-0.05, 0) is 42.0 Å². The summed E-state index contributed by atoms with van der Waals surface area (Å²) < 4.78 is 11.8. The van der Waals surface area contributed by atoms with Crippen LogP contribution in [0, 0.1) is 0 Å². The van der Waals surface area contributed by atoms with Crippen molar-refractivity contribution in [3.05, 3.63) is 63.6 Å². The summed E-state index contributed by atoms with van der Waals surface area (Å²) in [7, 11) is 1.61. The largest absolute Gasteiger partial charge is 0.497 e. The quantitative estimate of drug-likeness (QED) is 0.891. The van der Waals surface area contributed by atoms with E-state index in [9.17, 15) is 4.79 Å². The lowest BCUT2D eigenvalue weighted by Crippen LogP contribution is -2.28. The normalized spacial score (nSPS) is 12.7. The van der Waals surface area contributed by atoms with Crippen molar-refractivity contribution in [3.63, 3.8) is 0 Å². The summed E-state index contributed by atoms with van der Waals surface area (Å²) in [5.74, 6) is 1.37. The molecule has 3 rings (SSSR count). The first-order chi connectivity index (χ1) is 11.2. The standard InChI is InChI=1S/C18H16BrNO3/c1-22-16-5-6-17-13(9-16)8-14(11-23-17)18(21)20-10-12-3-2-4-15(19)7-12/h2-9H,10-11H2,1H3,(H,20,21). The molecule has 2 aromatic carbocycles. The predicted octanol–water partition coefficient (Wildman–Crippen LogP) is 3.55. The van der Waals surface area contributed by atoms with E-state index in [0.29, 0.717) is 12.1 Å². The smallest absolute Gasteiger partial charge is 0.250 e. The molecule has 1 amide bonds. The Kier molecular flexibility index (Phi) is 4.67. The molecule has 1 N–H and O–H groups in total. The number of nitrogens with one attached hydrogen (secondary N) is 1. The van der Waals surface area contributed by atoms with E-state index in [1.54, 1.807) is 7.11 Å². The molecule has 0 atom stereocenters. The van der Waals surface area contributed by atoms with Gasteiger partial charge in [0, 0.05) is 16.6 Å². The van der Waals surface area contributed by atoms with Crippen LogP contribution in [-0.4, -0.2) is 19.6 Å². The van der Waals surface area contributed by atoms with Crippen molar-refractivity contribution in [1.82, 2.24) is 5.32 Å². The van der Waals surface area contributed by atoms with Gasteiger partial charge in [0.1, 0.15) is 18.1 Å². The molecule has 0 fully saturated rings. The Morgan fingerprint density at radius 2 is 2.17 bits per heavy atom. The SMILES string of the molecule is COc1ccc2c(c1)C=C(C(=O)NCc1cccc(Br)c1)CO2. The first-order valence-electron chi connectivity index (χ1n) is 7.20. The van der Waals surface area contributed by atoms with Crippen LogP contribution in [0.25, 0.3) is 6.08 Å². The lowest BCUT2D eigenvalue weighted by molar-refractivity contribution is -0.117. The van der Waals surface area contributed by atoms with E-state index in [0.717, 1.165) is 27.1 Å². The summed E-state index contributed by atoms with van der Waals surface area (Å²) in [6.45, 7) is 0.740. The van der Waals surface area contributed by atoms with E-state index in [4.69, 9.17) is 9.47 Å². The fourth-order valence-electron chi connectivity index (χ4n) is 2.36. The van der Waals surface area contributed by atoms with Crippen molar-refractivity contribution in [2.24, 2.45) is 0 Å². The minimum Gasteiger partial charge on any atom is -0.497 e. The highest BCUT2D eigenvalue weighted by Crippen LogP contribution is 2.29. The van der Waals surface area contributed by atoms with Gasteiger partial charge in [-0.3, -0.25) is 4.79 Å². The number of fused-ring (bicyclic) bond motifs is 1. The lowest BCUT2D eigenvalue weighted by atomic mass is 10.1. The molecule has 0 saturated heterocycles. The molecule has 0 aromatic heterocycles. The molecular weight excluding hydrogens is 358 g/mol. The van der Waals surface area contributed by atoms with E-state index in [1.807, 2.05) is 48.5 Å². The molecule has 118 valence electrons. The molecule has 0 bridgehead atoms. The van der Waals surface area contributed by atoms with Crippen LogP contribution in [0.1, 0.15) is 11.1 Å². The number of hydrogen-bond acceptors (Lipinski definition) is 3. The van der Waals surface area contributed by atoms with Gasteiger partial charge in [0.05, 0.1) is 12.7 Å². The second-order valence-corrected chi connectivity index (χ2v) is 6.09. The molecule has 0 saturated carbocycles. The third-order valence-corrected chi connectivity index (χ3v) is 4.06. The minimum atomic E-state index is -0.126. The maximum atomic E-state index is 12.3. The Morgan fingerprint density at radius 3 is 2.96 bits per heavy atom. The summed E-state index contributed by atoms with van der Waals surface area (Å²) in [5, 5.41) is 2.92. The first-order valence-corrected chi connectivity index (χ1v) is 7.99. The van der Waals surface area contributed by atoms with Crippen LogP contribution in [0.4, 0.5) is 0 Å². The number of halogens is 1. The van der Waals surface area contributed by atoms with Crippen molar-refractivity contribution in [2.45, 2.75) is 6.54 Å². The Balaban J connectivity index is 1.71. The number of hydrogen-bond donors (Lipinski definition) is 1. The highest BCUT2D eigenvalue weighted by atomic mass is 79.9. The van der Waals surface area contributed by atoms with Gasteiger partial charge in [-0.2, -0.15) is 0 Å². The fourth-order valence-corrected chi connectivity index (χ4v) is 2.80. The van der Waals surface area contributed by atoms with Gasteiger partial charge in [0.2, 0.25) is 0 Å². The van der Waals surface area contributed by atoms with Crippen LogP contribution in [0.3, 0.4) is 0 Å². The highest BCUT2D eigenvalue weighted by molar-refractivity contribution is 9.10. The molecule has 23 heavy (non-hydrogen) atoms. The summed E-state index contributed by atoms with van der Waals surface area (Å²) in [6, 6.07) is 13.4. The zero-order valence-corrected chi connectivity index (χ0v) is 14.2. The number of ether oxygens (including phenoxy) is 2. The summed E-state index contributed by atoms with van der Waals surface area (Å²) in [5.41, 5.74) is 2.48. The number of rotatable bonds is 4. The number of carbonyl (C=O) groups excluding carboxylic acids is 1. The topological polar surface area (TPSA) is 47.6 Å². The molecule has 4 nitrogen and oxygen atoms in total.